The summed E-state index contributed by atoms with van der Waals surface area (Å²) in [6.07, 6.45) is 1.89. The number of anilines is 2. The fraction of sp³-hybridized carbons (Fsp3) is 0.500. The predicted molar refractivity (Wildman–Crippen MR) is 88.1 cm³/mol. The molecule has 0 aliphatic carbocycles. The lowest BCUT2D eigenvalue weighted by molar-refractivity contribution is -0.116. The van der Waals surface area contributed by atoms with Crippen LogP contribution in [0.15, 0.2) is 24.3 Å². The van der Waals surface area contributed by atoms with Crippen LogP contribution in [0, 0.1) is 0 Å². The number of urea groups is 1. The molecule has 0 aromatic heterocycles. The maximum atomic E-state index is 12.2. The van der Waals surface area contributed by atoms with Crippen molar-refractivity contribution >= 4 is 23.3 Å². The highest BCUT2D eigenvalue weighted by atomic mass is 16.3. The number of rotatable bonds is 7. The topological polar surface area (TPSA) is 72.9 Å². The van der Waals surface area contributed by atoms with Crippen LogP contribution in [0.2, 0.25) is 0 Å². The summed E-state index contributed by atoms with van der Waals surface area (Å²) < 4.78 is 0. The summed E-state index contributed by atoms with van der Waals surface area (Å²) >= 11 is 0. The number of aliphatic hydroxyl groups is 1. The number of hydrogen-bond donors (Lipinski definition) is 2. The maximum absolute atomic E-state index is 12.2. The summed E-state index contributed by atoms with van der Waals surface area (Å²) in [6, 6.07) is 6.83. The second-order valence-corrected chi connectivity index (χ2v) is 5.12. The summed E-state index contributed by atoms with van der Waals surface area (Å²) in [5, 5.41) is 11.8. The molecule has 0 atom stereocenters. The Hall–Kier alpha value is -2.08. The Bertz CT molecular complexity index is 488. The zero-order chi connectivity index (χ0) is 16.5. The van der Waals surface area contributed by atoms with E-state index in [0.717, 1.165) is 18.5 Å². The van der Waals surface area contributed by atoms with Gasteiger partial charge in [0, 0.05) is 38.4 Å². The van der Waals surface area contributed by atoms with Crippen molar-refractivity contribution in [1.29, 1.82) is 0 Å². The molecule has 22 heavy (non-hydrogen) atoms. The van der Waals surface area contributed by atoms with E-state index in [1.807, 2.05) is 0 Å². The zero-order valence-corrected chi connectivity index (χ0v) is 13.5. The number of carbonyl (C=O) groups is 2. The van der Waals surface area contributed by atoms with Gasteiger partial charge in [-0.25, -0.2) is 4.79 Å². The average molecular weight is 307 g/mol. The standard InChI is InChI=1S/C16H25N3O3/c1-4-5-10-19(11-12-20)16(22)17-14-6-8-15(9-7-14)18(3)13(2)21/h6-9,20H,4-5,10-12H2,1-3H3,(H,17,22). The number of hydrogen-bond acceptors (Lipinski definition) is 3. The smallest absolute Gasteiger partial charge is 0.321 e. The minimum atomic E-state index is -0.227. The highest BCUT2D eigenvalue weighted by molar-refractivity contribution is 5.92. The number of unbranched alkanes of at least 4 members (excludes halogenated alkanes) is 1. The Balaban J connectivity index is 2.68. The SMILES string of the molecule is CCCCN(CCO)C(=O)Nc1ccc(N(C)C(C)=O)cc1. The van der Waals surface area contributed by atoms with Gasteiger partial charge in [0.2, 0.25) is 5.91 Å². The minimum Gasteiger partial charge on any atom is -0.395 e. The fourth-order valence-electron chi connectivity index (χ4n) is 1.94. The van der Waals surface area contributed by atoms with E-state index in [2.05, 4.69) is 12.2 Å². The number of nitrogens with zero attached hydrogens (tertiary/aromatic N) is 2. The first-order valence-corrected chi connectivity index (χ1v) is 7.50. The van der Waals surface area contributed by atoms with Gasteiger partial charge in [0.1, 0.15) is 0 Å². The van der Waals surface area contributed by atoms with Crippen molar-refractivity contribution in [3.63, 3.8) is 0 Å². The van der Waals surface area contributed by atoms with Gasteiger partial charge >= 0.3 is 6.03 Å². The molecule has 0 heterocycles. The first-order chi connectivity index (χ1) is 10.5. The number of amides is 3. The fourth-order valence-corrected chi connectivity index (χ4v) is 1.94. The van der Waals surface area contributed by atoms with Crippen molar-refractivity contribution in [2.45, 2.75) is 26.7 Å². The Morgan fingerprint density at radius 2 is 1.82 bits per heavy atom. The van der Waals surface area contributed by atoms with E-state index in [1.165, 1.54) is 11.8 Å². The molecule has 2 N–H and O–H groups in total. The third-order valence-electron chi connectivity index (χ3n) is 3.42. The molecule has 0 saturated carbocycles. The van der Waals surface area contributed by atoms with Crippen LogP contribution < -0.4 is 10.2 Å². The molecular weight excluding hydrogens is 282 g/mol. The minimum absolute atomic E-state index is 0.0505. The molecule has 6 heteroatoms. The molecular formula is C16H25N3O3. The second-order valence-electron chi connectivity index (χ2n) is 5.12. The first kappa shape index (κ1) is 18.0. The van der Waals surface area contributed by atoms with E-state index in [9.17, 15) is 9.59 Å². The normalized spacial score (nSPS) is 10.2. The summed E-state index contributed by atoms with van der Waals surface area (Å²) in [6.45, 7) is 4.43. The molecule has 0 unspecified atom stereocenters. The van der Waals surface area contributed by atoms with Gasteiger partial charge in [-0.3, -0.25) is 4.79 Å². The molecule has 1 aromatic carbocycles. The summed E-state index contributed by atoms with van der Waals surface area (Å²) in [5.74, 6) is -0.0505. The number of carbonyl (C=O) groups excluding carboxylic acids is 2. The third kappa shape index (κ3) is 5.37. The molecule has 0 fully saturated rings. The molecule has 0 aliphatic rings. The van der Waals surface area contributed by atoms with Crippen molar-refractivity contribution in [3.8, 4) is 0 Å². The number of aliphatic hydroxyl groups excluding tert-OH is 1. The third-order valence-corrected chi connectivity index (χ3v) is 3.42. The van der Waals surface area contributed by atoms with Crippen molar-refractivity contribution in [2.24, 2.45) is 0 Å². The molecule has 0 aliphatic heterocycles. The van der Waals surface area contributed by atoms with Gasteiger partial charge in [0.25, 0.3) is 0 Å². The summed E-state index contributed by atoms with van der Waals surface area (Å²) in [4.78, 5) is 26.6. The molecule has 0 saturated heterocycles. The molecule has 1 aromatic rings. The van der Waals surface area contributed by atoms with Crippen LogP contribution in [0.1, 0.15) is 26.7 Å². The van der Waals surface area contributed by atoms with E-state index in [-0.39, 0.29) is 18.5 Å². The molecule has 0 bridgehead atoms. The molecule has 0 spiro atoms. The predicted octanol–water partition coefficient (Wildman–Crippen LogP) is 2.30. The molecule has 0 radical (unpaired) electrons. The van der Waals surface area contributed by atoms with Gasteiger partial charge in [-0.1, -0.05) is 13.3 Å². The van der Waals surface area contributed by atoms with Gasteiger partial charge in [-0.05, 0) is 30.7 Å². The first-order valence-electron chi connectivity index (χ1n) is 7.50. The lowest BCUT2D eigenvalue weighted by atomic mass is 10.2. The van der Waals surface area contributed by atoms with Crippen molar-refractivity contribution < 1.29 is 14.7 Å². The monoisotopic (exact) mass is 307 g/mol. The molecule has 3 amide bonds. The Morgan fingerprint density at radius 3 is 2.32 bits per heavy atom. The van der Waals surface area contributed by atoms with Crippen LogP contribution in [-0.2, 0) is 4.79 Å². The van der Waals surface area contributed by atoms with Crippen molar-refractivity contribution in [1.82, 2.24) is 4.90 Å². The largest absolute Gasteiger partial charge is 0.395 e. The van der Waals surface area contributed by atoms with Gasteiger partial charge < -0.3 is 20.2 Å². The van der Waals surface area contributed by atoms with E-state index in [4.69, 9.17) is 5.11 Å². The average Bonchev–Trinajstić information content (AvgIpc) is 2.51. The highest BCUT2D eigenvalue weighted by Crippen LogP contribution is 2.17. The maximum Gasteiger partial charge on any atom is 0.321 e. The molecule has 122 valence electrons. The molecule has 1 rings (SSSR count). The summed E-state index contributed by atoms with van der Waals surface area (Å²) in [5.41, 5.74) is 1.42. The van der Waals surface area contributed by atoms with E-state index >= 15 is 0 Å². The van der Waals surface area contributed by atoms with Gasteiger partial charge in [-0.2, -0.15) is 0 Å². The van der Waals surface area contributed by atoms with Crippen LogP contribution >= 0.6 is 0 Å². The second kappa shape index (κ2) is 9.04. The van der Waals surface area contributed by atoms with Crippen LogP contribution in [0.25, 0.3) is 0 Å². The Labute approximate surface area is 131 Å². The zero-order valence-electron chi connectivity index (χ0n) is 13.5. The van der Waals surface area contributed by atoms with Crippen molar-refractivity contribution in [2.75, 3.05) is 37.0 Å². The Morgan fingerprint density at radius 1 is 1.18 bits per heavy atom. The van der Waals surface area contributed by atoms with Gasteiger partial charge in [0.15, 0.2) is 0 Å². The van der Waals surface area contributed by atoms with E-state index in [1.54, 1.807) is 36.2 Å². The lowest BCUT2D eigenvalue weighted by Crippen LogP contribution is -2.37. The van der Waals surface area contributed by atoms with Gasteiger partial charge in [-0.15, -0.1) is 0 Å². The number of nitrogens with one attached hydrogen (secondary N) is 1. The van der Waals surface area contributed by atoms with Crippen LogP contribution in [-0.4, -0.2) is 48.7 Å². The Kier molecular flexibility index (Phi) is 7.39. The number of benzene rings is 1. The van der Waals surface area contributed by atoms with Crippen molar-refractivity contribution in [3.05, 3.63) is 24.3 Å². The van der Waals surface area contributed by atoms with E-state index in [0.29, 0.717) is 18.8 Å². The van der Waals surface area contributed by atoms with Crippen LogP contribution in [0.5, 0.6) is 0 Å². The highest BCUT2D eigenvalue weighted by Gasteiger charge is 2.12. The van der Waals surface area contributed by atoms with Crippen LogP contribution in [0.4, 0.5) is 16.2 Å². The quantitative estimate of drug-likeness (QED) is 0.812. The summed E-state index contributed by atoms with van der Waals surface area (Å²) in [7, 11) is 1.70. The van der Waals surface area contributed by atoms with Crippen LogP contribution in [0.3, 0.4) is 0 Å². The van der Waals surface area contributed by atoms with Gasteiger partial charge in [0.05, 0.1) is 6.61 Å². The molecule has 6 nitrogen and oxygen atoms in total. The lowest BCUT2D eigenvalue weighted by Gasteiger charge is -2.22. The van der Waals surface area contributed by atoms with E-state index < -0.39 is 0 Å².